The van der Waals surface area contributed by atoms with Gasteiger partial charge in [-0.1, -0.05) is 29.8 Å². The minimum absolute atomic E-state index is 0.0300. The van der Waals surface area contributed by atoms with Gasteiger partial charge in [-0.25, -0.2) is 0 Å². The summed E-state index contributed by atoms with van der Waals surface area (Å²) in [6, 6.07) is 16.5. The van der Waals surface area contributed by atoms with Crippen molar-refractivity contribution in [3.8, 4) is 0 Å². The van der Waals surface area contributed by atoms with Crippen LogP contribution in [0, 0.1) is 6.92 Å². The monoisotopic (exact) mass is 369 g/mol. The van der Waals surface area contributed by atoms with Crippen molar-refractivity contribution in [1.82, 2.24) is 9.80 Å². The lowest BCUT2D eigenvalue weighted by Gasteiger charge is -2.32. The van der Waals surface area contributed by atoms with Crippen LogP contribution in [-0.2, 0) is 11.3 Å². The first-order chi connectivity index (χ1) is 12.6. The van der Waals surface area contributed by atoms with Gasteiger partial charge in [0.05, 0.1) is 5.75 Å². The molecule has 1 saturated heterocycles. The zero-order chi connectivity index (χ0) is 18.4. The number of likely N-dealkylation sites (N-methyl/N-ethyl adjacent to an activating group) is 1. The SMILES string of the molecule is Cc1ccc(SCC(=O)Nc2ccc(CN3CCN(C)CC3)cc2)cc1. The number of carbonyl (C=O) groups is 1. The van der Waals surface area contributed by atoms with Gasteiger partial charge in [0.1, 0.15) is 0 Å². The highest BCUT2D eigenvalue weighted by Gasteiger charge is 2.13. The number of hydrogen-bond acceptors (Lipinski definition) is 4. The highest BCUT2D eigenvalue weighted by atomic mass is 32.2. The second-order valence-electron chi connectivity index (χ2n) is 6.93. The third-order valence-electron chi connectivity index (χ3n) is 4.63. The average molecular weight is 370 g/mol. The van der Waals surface area contributed by atoms with Crippen LogP contribution in [0.1, 0.15) is 11.1 Å². The Kier molecular flexibility index (Phi) is 6.72. The van der Waals surface area contributed by atoms with Crippen molar-refractivity contribution in [3.63, 3.8) is 0 Å². The molecule has 2 aromatic rings. The number of aryl methyl sites for hydroxylation is 1. The fourth-order valence-corrected chi connectivity index (χ4v) is 3.64. The predicted octanol–water partition coefficient (Wildman–Crippen LogP) is 3.47. The Morgan fingerprint density at radius 1 is 1.00 bits per heavy atom. The van der Waals surface area contributed by atoms with Gasteiger partial charge in [-0.2, -0.15) is 0 Å². The average Bonchev–Trinajstić information content (AvgIpc) is 2.65. The minimum atomic E-state index is 0.0300. The molecule has 0 atom stereocenters. The number of amides is 1. The molecular weight excluding hydrogens is 342 g/mol. The Bertz CT molecular complexity index is 707. The van der Waals surface area contributed by atoms with Crippen LogP contribution >= 0.6 is 11.8 Å². The number of rotatable bonds is 6. The molecule has 1 heterocycles. The van der Waals surface area contributed by atoms with Crippen LogP contribution in [0.3, 0.4) is 0 Å². The largest absolute Gasteiger partial charge is 0.325 e. The van der Waals surface area contributed by atoms with Crippen molar-refractivity contribution in [1.29, 1.82) is 0 Å². The van der Waals surface area contributed by atoms with Crippen molar-refractivity contribution in [2.75, 3.05) is 44.3 Å². The number of nitrogens with one attached hydrogen (secondary N) is 1. The van der Waals surface area contributed by atoms with Crippen LogP contribution in [-0.4, -0.2) is 54.7 Å². The molecule has 1 N–H and O–H groups in total. The van der Waals surface area contributed by atoms with Crippen LogP contribution in [0.25, 0.3) is 0 Å². The molecule has 0 radical (unpaired) electrons. The maximum Gasteiger partial charge on any atom is 0.234 e. The quantitative estimate of drug-likeness (QED) is 0.791. The van der Waals surface area contributed by atoms with E-state index in [9.17, 15) is 4.79 Å². The van der Waals surface area contributed by atoms with Crippen LogP contribution in [0.15, 0.2) is 53.4 Å². The van der Waals surface area contributed by atoms with Crippen molar-refractivity contribution >= 4 is 23.4 Å². The van der Waals surface area contributed by atoms with Gasteiger partial charge in [0.25, 0.3) is 0 Å². The summed E-state index contributed by atoms with van der Waals surface area (Å²) < 4.78 is 0. The van der Waals surface area contributed by atoms with E-state index in [4.69, 9.17) is 0 Å². The number of benzene rings is 2. The smallest absolute Gasteiger partial charge is 0.234 e. The molecule has 1 amide bonds. The van der Waals surface area contributed by atoms with Crippen molar-refractivity contribution in [2.24, 2.45) is 0 Å². The Morgan fingerprint density at radius 3 is 2.31 bits per heavy atom. The van der Waals surface area contributed by atoms with Gasteiger partial charge in [-0.3, -0.25) is 9.69 Å². The van der Waals surface area contributed by atoms with E-state index in [0.29, 0.717) is 5.75 Å². The zero-order valence-corrected chi connectivity index (χ0v) is 16.4. The summed E-state index contributed by atoms with van der Waals surface area (Å²) in [5.74, 6) is 0.453. The molecule has 2 aromatic carbocycles. The number of thioether (sulfide) groups is 1. The van der Waals surface area contributed by atoms with Crippen molar-refractivity contribution < 1.29 is 4.79 Å². The lowest BCUT2D eigenvalue weighted by atomic mass is 10.2. The van der Waals surface area contributed by atoms with Gasteiger partial charge in [-0.15, -0.1) is 11.8 Å². The number of hydrogen-bond donors (Lipinski definition) is 1. The maximum absolute atomic E-state index is 12.1. The first-order valence-corrected chi connectivity index (χ1v) is 10.1. The second kappa shape index (κ2) is 9.21. The Morgan fingerprint density at radius 2 is 1.65 bits per heavy atom. The van der Waals surface area contributed by atoms with Crippen LogP contribution in [0.2, 0.25) is 0 Å². The molecule has 0 saturated carbocycles. The van der Waals surface area contributed by atoms with E-state index in [2.05, 4.69) is 65.5 Å². The second-order valence-corrected chi connectivity index (χ2v) is 7.98. The van der Waals surface area contributed by atoms with Crippen molar-refractivity contribution in [2.45, 2.75) is 18.4 Å². The molecule has 1 fully saturated rings. The summed E-state index contributed by atoms with van der Waals surface area (Å²) in [5.41, 5.74) is 3.39. The molecular formula is C21H27N3OS. The topological polar surface area (TPSA) is 35.6 Å². The fourth-order valence-electron chi connectivity index (χ4n) is 2.94. The van der Waals surface area contributed by atoms with E-state index in [0.717, 1.165) is 43.3 Å². The molecule has 138 valence electrons. The van der Waals surface area contributed by atoms with Gasteiger partial charge in [0, 0.05) is 43.3 Å². The van der Waals surface area contributed by atoms with Gasteiger partial charge in [-0.05, 0) is 43.8 Å². The first-order valence-electron chi connectivity index (χ1n) is 9.08. The lowest BCUT2D eigenvalue weighted by Crippen LogP contribution is -2.43. The summed E-state index contributed by atoms with van der Waals surface area (Å²) in [7, 11) is 2.17. The summed E-state index contributed by atoms with van der Waals surface area (Å²) in [4.78, 5) is 18.1. The van der Waals surface area contributed by atoms with E-state index < -0.39 is 0 Å². The summed E-state index contributed by atoms with van der Waals surface area (Å²) >= 11 is 1.56. The van der Waals surface area contributed by atoms with E-state index in [1.807, 2.05) is 12.1 Å². The Balaban J connectivity index is 1.44. The van der Waals surface area contributed by atoms with Crippen LogP contribution < -0.4 is 5.32 Å². The zero-order valence-electron chi connectivity index (χ0n) is 15.6. The van der Waals surface area contributed by atoms with Crippen molar-refractivity contribution in [3.05, 3.63) is 59.7 Å². The Hall–Kier alpha value is -1.82. The van der Waals surface area contributed by atoms with Gasteiger partial charge < -0.3 is 10.2 Å². The maximum atomic E-state index is 12.1. The van der Waals surface area contributed by atoms with E-state index in [1.54, 1.807) is 11.8 Å². The summed E-state index contributed by atoms with van der Waals surface area (Å²) in [6.07, 6.45) is 0. The third-order valence-corrected chi connectivity index (χ3v) is 5.64. The Labute approximate surface area is 160 Å². The molecule has 3 rings (SSSR count). The third kappa shape index (κ3) is 5.87. The molecule has 4 nitrogen and oxygen atoms in total. The molecule has 1 aliphatic heterocycles. The molecule has 0 spiro atoms. The fraction of sp³-hybridized carbons (Fsp3) is 0.381. The number of anilines is 1. The number of carbonyl (C=O) groups excluding carboxylic acids is 1. The number of piperazine rings is 1. The summed E-state index contributed by atoms with van der Waals surface area (Å²) in [5, 5.41) is 2.98. The lowest BCUT2D eigenvalue weighted by molar-refractivity contribution is -0.113. The molecule has 26 heavy (non-hydrogen) atoms. The molecule has 0 aliphatic carbocycles. The molecule has 0 bridgehead atoms. The van der Waals surface area contributed by atoms with Crippen LogP contribution in [0.4, 0.5) is 5.69 Å². The minimum Gasteiger partial charge on any atom is -0.325 e. The number of nitrogens with zero attached hydrogens (tertiary/aromatic N) is 2. The van der Waals surface area contributed by atoms with E-state index >= 15 is 0 Å². The molecule has 0 unspecified atom stereocenters. The van der Waals surface area contributed by atoms with Gasteiger partial charge in [0.2, 0.25) is 5.91 Å². The highest BCUT2D eigenvalue weighted by molar-refractivity contribution is 8.00. The summed E-state index contributed by atoms with van der Waals surface area (Å²) in [6.45, 7) is 7.54. The normalized spacial score (nSPS) is 15.8. The van der Waals surface area contributed by atoms with Gasteiger partial charge in [0.15, 0.2) is 0 Å². The first kappa shape index (κ1) is 19.0. The molecule has 5 heteroatoms. The highest BCUT2D eigenvalue weighted by Crippen LogP contribution is 2.19. The molecule has 0 aromatic heterocycles. The predicted molar refractivity (Wildman–Crippen MR) is 110 cm³/mol. The standard InChI is InChI=1S/C21H27N3OS/c1-17-3-9-20(10-4-17)26-16-21(25)22-19-7-5-18(6-8-19)15-24-13-11-23(2)12-14-24/h3-10H,11-16H2,1-2H3,(H,22,25). The van der Waals surface area contributed by atoms with E-state index in [1.165, 1.54) is 11.1 Å². The molecule has 1 aliphatic rings. The van der Waals surface area contributed by atoms with E-state index in [-0.39, 0.29) is 5.91 Å². The van der Waals surface area contributed by atoms with Gasteiger partial charge >= 0.3 is 0 Å². The van der Waals surface area contributed by atoms with Crippen LogP contribution in [0.5, 0.6) is 0 Å².